The lowest BCUT2D eigenvalue weighted by atomic mass is 9.90. The third kappa shape index (κ3) is 2.69. The minimum absolute atomic E-state index is 0.235. The third-order valence-corrected chi connectivity index (χ3v) is 3.55. The van der Waals surface area contributed by atoms with Crippen LogP contribution in [0.3, 0.4) is 0 Å². The van der Waals surface area contributed by atoms with Gasteiger partial charge in [-0.2, -0.15) is 0 Å². The second-order valence-corrected chi connectivity index (χ2v) is 5.18. The minimum Gasteiger partial charge on any atom is -0.481 e. The van der Waals surface area contributed by atoms with E-state index in [0.29, 0.717) is 18.8 Å². The van der Waals surface area contributed by atoms with Crippen molar-refractivity contribution in [2.75, 3.05) is 13.1 Å². The molecule has 0 bridgehead atoms. The van der Waals surface area contributed by atoms with Crippen molar-refractivity contribution in [1.29, 1.82) is 0 Å². The van der Waals surface area contributed by atoms with Crippen LogP contribution in [0.25, 0.3) is 0 Å². The van der Waals surface area contributed by atoms with Crippen molar-refractivity contribution in [3.63, 3.8) is 0 Å². The zero-order valence-corrected chi connectivity index (χ0v) is 11.0. The monoisotopic (exact) mass is 266 g/mol. The van der Waals surface area contributed by atoms with Crippen LogP contribution in [0, 0.1) is 5.41 Å². The molecule has 2 heterocycles. The lowest BCUT2D eigenvalue weighted by Crippen LogP contribution is -2.42. The van der Waals surface area contributed by atoms with Crippen molar-refractivity contribution in [3.8, 4) is 0 Å². The average molecular weight is 266 g/mol. The molecule has 1 aliphatic heterocycles. The van der Waals surface area contributed by atoms with Gasteiger partial charge in [-0.15, -0.1) is 0 Å². The first-order valence-electron chi connectivity index (χ1n) is 6.20. The number of likely N-dealkylation sites (tertiary alicyclic amines) is 1. The summed E-state index contributed by atoms with van der Waals surface area (Å²) in [6, 6.07) is -0.493. The van der Waals surface area contributed by atoms with E-state index in [9.17, 15) is 9.59 Å². The van der Waals surface area contributed by atoms with E-state index < -0.39 is 11.4 Å². The van der Waals surface area contributed by atoms with E-state index in [4.69, 9.17) is 5.11 Å². The van der Waals surface area contributed by atoms with Gasteiger partial charge in [0.25, 0.3) is 0 Å². The summed E-state index contributed by atoms with van der Waals surface area (Å²) in [6.07, 6.45) is 3.79. The van der Waals surface area contributed by atoms with Crippen LogP contribution in [0.1, 0.15) is 32.1 Å². The van der Waals surface area contributed by atoms with E-state index in [-0.39, 0.29) is 18.6 Å². The van der Waals surface area contributed by atoms with Crippen molar-refractivity contribution >= 4 is 12.0 Å². The van der Waals surface area contributed by atoms with Crippen LogP contribution in [0.5, 0.6) is 0 Å². The summed E-state index contributed by atoms with van der Waals surface area (Å²) in [7, 11) is 0. The second kappa shape index (κ2) is 4.91. The van der Waals surface area contributed by atoms with Crippen molar-refractivity contribution in [2.45, 2.75) is 26.3 Å². The molecule has 3 N–H and O–H groups in total. The van der Waals surface area contributed by atoms with E-state index in [2.05, 4.69) is 15.3 Å². The Bertz CT molecular complexity index is 473. The average Bonchev–Trinajstić information content (AvgIpc) is 2.98. The molecule has 2 amide bonds. The van der Waals surface area contributed by atoms with Crippen LogP contribution in [0.4, 0.5) is 4.79 Å². The van der Waals surface area contributed by atoms with Gasteiger partial charge in [-0.3, -0.25) is 4.79 Å². The molecule has 2 atom stereocenters. The molecular weight excluding hydrogens is 248 g/mol. The summed E-state index contributed by atoms with van der Waals surface area (Å²) >= 11 is 0. The van der Waals surface area contributed by atoms with E-state index in [0.717, 1.165) is 0 Å². The van der Waals surface area contributed by atoms with Gasteiger partial charge >= 0.3 is 12.0 Å². The van der Waals surface area contributed by atoms with Crippen molar-refractivity contribution < 1.29 is 14.7 Å². The van der Waals surface area contributed by atoms with Gasteiger partial charge in [-0.05, 0) is 20.3 Å². The van der Waals surface area contributed by atoms with Crippen molar-refractivity contribution in [1.82, 2.24) is 20.2 Å². The number of rotatable bonds is 3. The van der Waals surface area contributed by atoms with Gasteiger partial charge < -0.3 is 20.3 Å². The highest BCUT2D eigenvalue weighted by molar-refractivity contribution is 5.79. The molecule has 0 radical (unpaired) electrons. The quantitative estimate of drug-likeness (QED) is 0.759. The molecule has 2 unspecified atom stereocenters. The SMILES string of the molecule is CC(NC(=O)N1CCC(C)(C(=O)O)C1)c1ncc[nH]1. The number of imidazole rings is 1. The number of carbonyl (C=O) groups excluding carboxylic acids is 1. The maximum absolute atomic E-state index is 12.0. The molecule has 19 heavy (non-hydrogen) atoms. The van der Waals surface area contributed by atoms with Gasteiger partial charge in [0.1, 0.15) is 5.82 Å². The van der Waals surface area contributed by atoms with Crippen LogP contribution in [-0.4, -0.2) is 45.1 Å². The third-order valence-electron chi connectivity index (χ3n) is 3.55. The summed E-state index contributed by atoms with van der Waals surface area (Å²) in [5, 5.41) is 11.9. The highest BCUT2D eigenvalue weighted by atomic mass is 16.4. The number of nitrogens with one attached hydrogen (secondary N) is 2. The molecule has 0 spiro atoms. The number of urea groups is 1. The Morgan fingerprint density at radius 3 is 2.89 bits per heavy atom. The smallest absolute Gasteiger partial charge is 0.318 e. The maximum Gasteiger partial charge on any atom is 0.318 e. The number of carboxylic acids is 1. The number of hydrogen-bond acceptors (Lipinski definition) is 3. The first-order chi connectivity index (χ1) is 8.92. The number of aromatic amines is 1. The predicted octanol–water partition coefficient (Wildman–Crippen LogP) is 0.977. The van der Waals surface area contributed by atoms with Gasteiger partial charge in [-0.1, -0.05) is 0 Å². The van der Waals surface area contributed by atoms with E-state index >= 15 is 0 Å². The Morgan fingerprint density at radius 1 is 1.63 bits per heavy atom. The summed E-state index contributed by atoms with van der Waals surface area (Å²) in [5.74, 6) is -0.185. The summed E-state index contributed by atoms with van der Waals surface area (Å²) in [4.78, 5) is 31.7. The highest BCUT2D eigenvalue weighted by Crippen LogP contribution is 2.30. The fraction of sp³-hybridized carbons (Fsp3) is 0.583. The van der Waals surface area contributed by atoms with Crippen molar-refractivity contribution in [2.24, 2.45) is 5.41 Å². The summed E-state index contributed by atoms with van der Waals surface area (Å²) < 4.78 is 0. The molecule has 1 fully saturated rings. The summed E-state index contributed by atoms with van der Waals surface area (Å²) in [5.41, 5.74) is -0.842. The molecular formula is C12H18N4O3. The molecule has 0 aromatic carbocycles. The standard InChI is InChI=1S/C12H18N4O3/c1-8(9-13-4-5-14-9)15-11(19)16-6-3-12(2,7-16)10(17)18/h4-5,8H,3,6-7H2,1-2H3,(H,13,14)(H,15,19)(H,17,18). The van der Waals surface area contributed by atoms with Gasteiger partial charge in [0, 0.05) is 25.5 Å². The van der Waals surface area contributed by atoms with Crippen LogP contribution in [-0.2, 0) is 4.79 Å². The molecule has 1 aromatic heterocycles. The molecule has 1 aromatic rings. The van der Waals surface area contributed by atoms with Crippen LogP contribution < -0.4 is 5.32 Å². The largest absolute Gasteiger partial charge is 0.481 e. The van der Waals surface area contributed by atoms with E-state index in [1.807, 2.05) is 6.92 Å². The summed E-state index contributed by atoms with van der Waals surface area (Å²) in [6.45, 7) is 4.18. The van der Waals surface area contributed by atoms with Crippen LogP contribution in [0.15, 0.2) is 12.4 Å². The number of carboxylic acid groups (broad SMARTS) is 1. The number of aliphatic carboxylic acids is 1. The van der Waals surface area contributed by atoms with Crippen molar-refractivity contribution in [3.05, 3.63) is 18.2 Å². The first-order valence-corrected chi connectivity index (χ1v) is 6.20. The molecule has 7 nitrogen and oxygen atoms in total. The molecule has 2 rings (SSSR count). The van der Waals surface area contributed by atoms with Gasteiger partial charge in [0.05, 0.1) is 11.5 Å². The van der Waals surface area contributed by atoms with Gasteiger partial charge in [0.2, 0.25) is 0 Å². The maximum atomic E-state index is 12.0. The van der Waals surface area contributed by atoms with E-state index in [1.54, 1.807) is 19.3 Å². The fourth-order valence-corrected chi connectivity index (χ4v) is 2.17. The molecule has 1 saturated heterocycles. The molecule has 7 heteroatoms. The van der Waals surface area contributed by atoms with Gasteiger partial charge in [-0.25, -0.2) is 9.78 Å². The Balaban J connectivity index is 1.93. The topological polar surface area (TPSA) is 98.3 Å². The fourth-order valence-electron chi connectivity index (χ4n) is 2.17. The van der Waals surface area contributed by atoms with Gasteiger partial charge in [0.15, 0.2) is 0 Å². The number of aromatic nitrogens is 2. The number of carbonyl (C=O) groups is 2. The zero-order valence-electron chi connectivity index (χ0n) is 11.0. The number of amides is 2. The Hall–Kier alpha value is -2.05. The molecule has 1 aliphatic rings. The first kappa shape index (κ1) is 13.4. The molecule has 104 valence electrons. The number of H-pyrrole nitrogens is 1. The lowest BCUT2D eigenvalue weighted by molar-refractivity contribution is -0.146. The van der Waals surface area contributed by atoms with Crippen LogP contribution >= 0.6 is 0 Å². The lowest BCUT2D eigenvalue weighted by Gasteiger charge is -2.22. The minimum atomic E-state index is -0.859. The Labute approximate surface area is 111 Å². The highest BCUT2D eigenvalue weighted by Gasteiger charge is 2.42. The van der Waals surface area contributed by atoms with E-state index in [1.165, 1.54) is 4.90 Å². The number of hydrogen-bond donors (Lipinski definition) is 3. The predicted molar refractivity (Wildman–Crippen MR) is 67.5 cm³/mol. The van der Waals surface area contributed by atoms with Crippen LogP contribution in [0.2, 0.25) is 0 Å². The zero-order chi connectivity index (χ0) is 14.0. The second-order valence-electron chi connectivity index (χ2n) is 5.18. The Kier molecular flexibility index (Phi) is 3.46. The molecule has 0 aliphatic carbocycles. The molecule has 0 saturated carbocycles. The number of nitrogens with zero attached hydrogens (tertiary/aromatic N) is 2. The normalized spacial score (nSPS) is 24.2. The Morgan fingerprint density at radius 2 is 2.37 bits per heavy atom.